The SMILES string of the molecule is COc1nccnc1OC1CCN(C(=O)c2ccc(F)cc2F)C1. The molecule has 0 spiro atoms. The van der Waals surface area contributed by atoms with Crippen LogP contribution in [0.1, 0.15) is 16.8 Å². The van der Waals surface area contributed by atoms with Crippen molar-refractivity contribution in [2.45, 2.75) is 12.5 Å². The molecule has 0 aliphatic carbocycles. The van der Waals surface area contributed by atoms with Gasteiger partial charge in [-0.25, -0.2) is 18.7 Å². The summed E-state index contributed by atoms with van der Waals surface area (Å²) in [6.45, 7) is 0.679. The van der Waals surface area contributed by atoms with Gasteiger partial charge in [-0.1, -0.05) is 0 Å². The highest BCUT2D eigenvalue weighted by molar-refractivity contribution is 5.94. The van der Waals surface area contributed by atoms with Crippen molar-refractivity contribution in [3.05, 3.63) is 47.8 Å². The number of carbonyl (C=O) groups excluding carboxylic acids is 1. The Morgan fingerprint density at radius 3 is 2.71 bits per heavy atom. The van der Waals surface area contributed by atoms with Gasteiger partial charge in [0, 0.05) is 31.4 Å². The molecule has 1 aliphatic heterocycles. The number of hydrogen-bond acceptors (Lipinski definition) is 5. The smallest absolute Gasteiger partial charge is 0.278 e. The first-order valence-corrected chi connectivity index (χ1v) is 7.34. The van der Waals surface area contributed by atoms with Gasteiger partial charge >= 0.3 is 0 Å². The molecule has 126 valence electrons. The Hall–Kier alpha value is -2.77. The molecule has 0 N–H and O–H groups in total. The summed E-state index contributed by atoms with van der Waals surface area (Å²) in [5, 5.41) is 0. The van der Waals surface area contributed by atoms with Crippen molar-refractivity contribution in [3.8, 4) is 11.8 Å². The number of likely N-dealkylation sites (tertiary alicyclic amines) is 1. The monoisotopic (exact) mass is 335 g/mol. The highest BCUT2D eigenvalue weighted by Crippen LogP contribution is 2.24. The van der Waals surface area contributed by atoms with Crippen LogP contribution in [0.3, 0.4) is 0 Å². The summed E-state index contributed by atoms with van der Waals surface area (Å²) in [6, 6.07) is 2.90. The molecule has 24 heavy (non-hydrogen) atoms. The molecule has 8 heteroatoms. The largest absolute Gasteiger partial charge is 0.477 e. The van der Waals surface area contributed by atoms with Crippen LogP contribution in [-0.4, -0.2) is 47.1 Å². The Balaban J connectivity index is 1.68. The number of amides is 1. The lowest BCUT2D eigenvalue weighted by molar-refractivity contribution is 0.0765. The molecule has 0 radical (unpaired) electrons. The van der Waals surface area contributed by atoms with Gasteiger partial charge in [0.05, 0.1) is 19.2 Å². The molecular formula is C16H15F2N3O3. The first kappa shape index (κ1) is 16.1. The zero-order valence-electron chi connectivity index (χ0n) is 12.9. The molecule has 1 aromatic heterocycles. The molecule has 6 nitrogen and oxygen atoms in total. The summed E-state index contributed by atoms with van der Waals surface area (Å²) >= 11 is 0. The van der Waals surface area contributed by atoms with Gasteiger partial charge in [0.15, 0.2) is 0 Å². The number of halogens is 2. The van der Waals surface area contributed by atoms with E-state index in [-0.39, 0.29) is 30.0 Å². The Bertz CT molecular complexity index is 757. The van der Waals surface area contributed by atoms with Crippen molar-refractivity contribution in [1.82, 2.24) is 14.9 Å². The Kier molecular flexibility index (Phi) is 4.54. The maximum absolute atomic E-state index is 13.7. The van der Waals surface area contributed by atoms with Crippen LogP contribution in [0, 0.1) is 11.6 Å². The maximum atomic E-state index is 13.7. The minimum atomic E-state index is -0.875. The summed E-state index contributed by atoms with van der Waals surface area (Å²) in [4.78, 5) is 21.9. The predicted octanol–water partition coefficient (Wildman–Crippen LogP) is 2.06. The highest BCUT2D eigenvalue weighted by Gasteiger charge is 2.30. The van der Waals surface area contributed by atoms with E-state index in [1.165, 1.54) is 24.4 Å². The lowest BCUT2D eigenvalue weighted by Crippen LogP contribution is -2.31. The van der Waals surface area contributed by atoms with Crippen molar-refractivity contribution in [2.24, 2.45) is 0 Å². The zero-order chi connectivity index (χ0) is 17.1. The predicted molar refractivity (Wildman–Crippen MR) is 79.9 cm³/mol. The van der Waals surface area contributed by atoms with E-state index < -0.39 is 17.5 Å². The zero-order valence-corrected chi connectivity index (χ0v) is 12.9. The van der Waals surface area contributed by atoms with E-state index in [1.807, 2.05) is 0 Å². The average molecular weight is 335 g/mol. The van der Waals surface area contributed by atoms with Crippen molar-refractivity contribution in [2.75, 3.05) is 20.2 Å². The van der Waals surface area contributed by atoms with E-state index in [4.69, 9.17) is 9.47 Å². The summed E-state index contributed by atoms with van der Waals surface area (Å²) in [5.41, 5.74) is -0.158. The number of methoxy groups -OCH3 is 1. The van der Waals surface area contributed by atoms with Crippen LogP contribution in [0.4, 0.5) is 8.78 Å². The van der Waals surface area contributed by atoms with Gasteiger partial charge in [-0.2, -0.15) is 0 Å². The normalized spacial score (nSPS) is 17.0. The minimum Gasteiger partial charge on any atom is -0.477 e. The van der Waals surface area contributed by atoms with Gasteiger partial charge in [0.1, 0.15) is 17.7 Å². The van der Waals surface area contributed by atoms with Gasteiger partial charge < -0.3 is 14.4 Å². The van der Waals surface area contributed by atoms with Crippen LogP contribution in [0.5, 0.6) is 11.8 Å². The van der Waals surface area contributed by atoms with Crippen molar-refractivity contribution in [1.29, 1.82) is 0 Å². The van der Waals surface area contributed by atoms with Crippen molar-refractivity contribution in [3.63, 3.8) is 0 Å². The summed E-state index contributed by atoms with van der Waals surface area (Å²) < 4.78 is 37.5. The van der Waals surface area contributed by atoms with Gasteiger partial charge in [0.2, 0.25) is 0 Å². The van der Waals surface area contributed by atoms with Crippen molar-refractivity contribution >= 4 is 5.91 Å². The lowest BCUT2D eigenvalue weighted by atomic mass is 10.2. The third-order valence-corrected chi connectivity index (χ3v) is 3.70. The fourth-order valence-electron chi connectivity index (χ4n) is 2.53. The second-order valence-corrected chi connectivity index (χ2v) is 5.27. The van der Waals surface area contributed by atoms with E-state index in [0.717, 1.165) is 12.1 Å². The Morgan fingerprint density at radius 1 is 1.25 bits per heavy atom. The molecule has 1 atom stereocenters. The van der Waals surface area contributed by atoms with Crippen LogP contribution < -0.4 is 9.47 Å². The minimum absolute atomic E-state index is 0.158. The van der Waals surface area contributed by atoms with E-state index in [2.05, 4.69) is 9.97 Å². The lowest BCUT2D eigenvalue weighted by Gasteiger charge is -2.17. The quantitative estimate of drug-likeness (QED) is 0.856. The van der Waals surface area contributed by atoms with Crippen LogP contribution in [-0.2, 0) is 0 Å². The number of rotatable bonds is 4. The number of carbonyl (C=O) groups is 1. The van der Waals surface area contributed by atoms with Gasteiger partial charge in [0.25, 0.3) is 17.7 Å². The fourth-order valence-corrected chi connectivity index (χ4v) is 2.53. The Labute approximate surface area is 137 Å². The van der Waals surface area contributed by atoms with E-state index >= 15 is 0 Å². The van der Waals surface area contributed by atoms with Crippen LogP contribution in [0.15, 0.2) is 30.6 Å². The van der Waals surface area contributed by atoms with E-state index in [1.54, 1.807) is 0 Å². The van der Waals surface area contributed by atoms with Gasteiger partial charge in [-0.05, 0) is 12.1 Å². The van der Waals surface area contributed by atoms with Crippen molar-refractivity contribution < 1.29 is 23.0 Å². The van der Waals surface area contributed by atoms with Crippen LogP contribution in [0.2, 0.25) is 0 Å². The molecule has 2 aromatic rings. The first-order valence-electron chi connectivity index (χ1n) is 7.34. The fraction of sp³-hybridized carbons (Fsp3) is 0.312. The molecular weight excluding hydrogens is 320 g/mol. The number of benzene rings is 1. The standard InChI is InChI=1S/C16H15F2N3O3/c1-23-14-15(20-6-5-19-14)24-11-4-7-21(9-11)16(22)12-3-2-10(17)8-13(12)18/h2-3,5-6,8,11H,4,7,9H2,1H3. The third-order valence-electron chi connectivity index (χ3n) is 3.70. The molecule has 2 heterocycles. The molecule has 1 aromatic carbocycles. The maximum Gasteiger partial charge on any atom is 0.278 e. The molecule has 3 rings (SSSR count). The molecule has 1 fully saturated rings. The summed E-state index contributed by atoms with van der Waals surface area (Å²) in [7, 11) is 1.46. The first-order chi connectivity index (χ1) is 11.6. The second-order valence-electron chi connectivity index (χ2n) is 5.27. The highest BCUT2D eigenvalue weighted by atomic mass is 19.1. The summed E-state index contributed by atoms with van der Waals surface area (Å²) in [6.07, 6.45) is 3.22. The van der Waals surface area contributed by atoms with Crippen LogP contribution >= 0.6 is 0 Å². The third kappa shape index (κ3) is 3.27. The van der Waals surface area contributed by atoms with Gasteiger partial charge in [-0.15, -0.1) is 0 Å². The Morgan fingerprint density at radius 2 is 2.00 bits per heavy atom. The number of nitrogens with zero attached hydrogens (tertiary/aromatic N) is 3. The molecule has 1 unspecified atom stereocenters. The molecule has 0 saturated carbocycles. The van der Waals surface area contributed by atoms with Crippen LogP contribution in [0.25, 0.3) is 0 Å². The van der Waals surface area contributed by atoms with Gasteiger partial charge in [-0.3, -0.25) is 4.79 Å². The molecule has 1 amide bonds. The summed E-state index contributed by atoms with van der Waals surface area (Å²) in [5.74, 6) is -1.59. The average Bonchev–Trinajstić information content (AvgIpc) is 3.03. The second kappa shape index (κ2) is 6.77. The van der Waals surface area contributed by atoms with E-state index in [0.29, 0.717) is 19.0 Å². The topological polar surface area (TPSA) is 64.6 Å². The molecule has 1 aliphatic rings. The molecule has 0 bridgehead atoms. The number of hydrogen-bond donors (Lipinski definition) is 0. The van der Waals surface area contributed by atoms with E-state index in [9.17, 15) is 13.6 Å². The number of ether oxygens (including phenoxy) is 2. The molecule has 1 saturated heterocycles. The number of aromatic nitrogens is 2.